The van der Waals surface area contributed by atoms with Crippen LogP contribution in [-0.4, -0.2) is 131 Å². The molecule has 0 saturated heterocycles. The highest BCUT2D eigenvalue weighted by molar-refractivity contribution is 9.09. The van der Waals surface area contributed by atoms with E-state index in [2.05, 4.69) is 49.8 Å². The van der Waals surface area contributed by atoms with Gasteiger partial charge >= 0.3 is 29.8 Å². The number of rotatable bonds is 37. The second-order valence-electron chi connectivity index (χ2n) is 22.9. The van der Waals surface area contributed by atoms with Crippen molar-refractivity contribution in [2.45, 2.75) is 92.7 Å². The summed E-state index contributed by atoms with van der Waals surface area (Å²) in [5.74, 6) is -2.70. The number of alkyl halides is 1. The third-order valence-corrected chi connectivity index (χ3v) is 19.6. The molecule has 8 aromatic rings. The summed E-state index contributed by atoms with van der Waals surface area (Å²) < 4.78 is 15.0. The maximum Gasteiger partial charge on any atom is 0.324 e. The molecule has 4 amide bonds. The van der Waals surface area contributed by atoms with E-state index in [9.17, 15) is 48.3 Å². The third kappa shape index (κ3) is 37.7. The molecule has 4 atom stereocenters. The molecule has 7 N–H and O–H groups in total. The minimum Gasteiger partial charge on any atom is -0.481 e. The van der Waals surface area contributed by atoms with Crippen molar-refractivity contribution >= 4 is 129 Å². The van der Waals surface area contributed by atoms with Gasteiger partial charge in [0.1, 0.15) is 15.3 Å². The predicted molar refractivity (Wildman–Crippen MR) is 433 cm³/mol. The summed E-state index contributed by atoms with van der Waals surface area (Å²) in [6.07, 6.45) is 5.71. The van der Waals surface area contributed by atoms with E-state index in [0.717, 1.165) is 106 Å². The average molecular weight is 1580 g/mol. The van der Waals surface area contributed by atoms with Crippen molar-refractivity contribution in [3.05, 3.63) is 253 Å². The summed E-state index contributed by atoms with van der Waals surface area (Å²) >= 11 is 10.5. The van der Waals surface area contributed by atoms with Crippen LogP contribution in [-0.2, 0) is 57.4 Å². The number of thiol groups is 1. The van der Waals surface area contributed by atoms with E-state index in [-0.39, 0.29) is 76.1 Å². The summed E-state index contributed by atoms with van der Waals surface area (Å²) in [6, 6.07) is 73.4. The molecule has 8 aromatic carbocycles. The second-order valence-corrected chi connectivity index (χ2v) is 27.5. The number of amides is 4. The molecule has 4 unspecified atom stereocenters. The first-order valence-corrected chi connectivity index (χ1v) is 39.4. The summed E-state index contributed by atoms with van der Waals surface area (Å²) in [4.78, 5) is 104. The van der Waals surface area contributed by atoms with Crippen LogP contribution < -0.4 is 21.3 Å². The van der Waals surface area contributed by atoms with Gasteiger partial charge in [0.15, 0.2) is 0 Å². The number of aliphatic carboxylic acids is 2. The number of anilines is 2. The Bertz CT molecular complexity index is 3860. The Morgan fingerprint density at radius 2 is 0.736 bits per heavy atom. The van der Waals surface area contributed by atoms with Crippen LogP contribution in [0.4, 0.5) is 11.4 Å². The van der Waals surface area contributed by atoms with Gasteiger partial charge < -0.3 is 50.8 Å². The first kappa shape index (κ1) is 89.2. The van der Waals surface area contributed by atoms with Gasteiger partial charge in [-0.2, -0.15) is 12.6 Å². The summed E-state index contributed by atoms with van der Waals surface area (Å²) in [7, 11) is 0. The summed E-state index contributed by atoms with van der Waals surface area (Å²) in [6.45, 7) is 7.41. The molecular weight excluding hydrogens is 1490 g/mol. The number of halogens is 1. The number of carbonyl (C=O) groups is 9. The van der Waals surface area contributed by atoms with E-state index < -0.39 is 28.4 Å². The molecule has 0 spiro atoms. The molecule has 564 valence electrons. The van der Waals surface area contributed by atoms with Crippen molar-refractivity contribution < 1.29 is 72.7 Å². The SMILES string of the molecule is CCOC(=O)C(Br)c1ccccc1.CCOC(=O)C(SCC(=O)NCCCCCC(=O)Nc1cccc(-c2ccccc2)c1)c1ccccc1.CCOC(=O)C(SCC(=O)O)c1ccccc1.O=C(CSC(CO)c1ccccc1)NCCCCCC(=O)Nc1cccc(-c2ccccc2)c1.O=C(O)CS. The highest BCUT2D eigenvalue weighted by atomic mass is 79.9. The lowest BCUT2D eigenvalue weighted by Crippen LogP contribution is -2.27. The number of carboxylic acid groups (broad SMARTS) is 2. The van der Waals surface area contributed by atoms with Crippen LogP contribution in [0.15, 0.2) is 231 Å². The molecule has 0 aliphatic carbocycles. The van der Waals surface area contributed by atoms with Crippen LogP contribution in [0.5, 0.6) is 0 Å². The monoisotopic (exact) mass is 1580 g/mol. The van der Waals surface area contributed by atoms with Gasteiger partial charge in [0.2, 0.25) is 23.6 Å². The third-order valence-electron chi connectivity index (χ3n) is 14.7. The summed E-state index contributed by atoms with van der Waals surface area (Å²) in [5.41, 5.74) is 9.46. The van der Waals surface area contributed by atoms with Gasteiger partial charge in [-0.25, -0.2) is 0 Å². The van der Waals surface area contributed by atoms with Crippen LogP contribution in [0, 0.1) is 0 Å². The number of hydrogen-bond acceptors (Lipinski definition) is 17. The number of ether oxygens (including phenoxy) is 3. The van der Waals surface area contributed by atoms with E-state index in [1.165, 1.54) is 23.5 Å². The van der Waals surface area contributed by atoms with Gasteiger partial charge in [-0.05, 0) is 115 Å². The molecule has 0 fully saturated rings. The van der Waals surface area contributed by atoms with Crippen molar-refractivity contribution in [2.75, 3.05) is 73.2 Å². The molecule has 19 nitrogen and oxygen atoms in total. The van der Waals surface area contributed by atoms with E-state index in [1.807, 2.05) is 218 Å². The maximum absolute atomic E-state index is 12.3. The molecule has 0 saturated carbocycles. The number of nitrogens with one attached hydrogen (secondary N) is 4. The van der Waals surface area contributed by atoms with Crippen molar-refractivity contribution in [3.63, 3.8) is 0 Å². The van der Waals surface area contributed by atoms with Crippen LogP contribution in [0.2, 0.25) is 0 Å². The van der Waals surface area contributed by atoms with Gasteiger partial charge in [0, 0.05) is 37.3 Å². The molecular formula is C82H95BrN4O15S4. The Hall–Kier alpha value is -9.17. The van der Waals surface area contributed by atoms with Gasteiger partial charge in [-0.3, -0.25) is 43.2 Å². The number of carbonyl (C=O) groups excluding carboxylic acids is 7. The van der Waals surface area contributed by atoms with Crippen molar-refractivity contribution in [3.8, 4) is 22.3 Å². The number of aliphatic hydroxyl groups is 1. The topological polar surface area (TPSA) is 290 Å². The van der Waals surface area contributed by atoms with Gasteiger partial charge in [-0.15, -0.1) is 35.3 Å². The van der Waals surface area contributed by atoms with E-state index in [1.54, 1.807) is 32.9 Å². The molecule has 8 rings (SSSR count). The fourth-order valence-electron chi connectivity index (χ4n) is 9.67. The number of esters is 3. The van der Waals surface area contributed by atoms with E-state index >= 15 is 0 Å². The normalized spacial score (nSPS) is 11.4. The molecule has 106 heavy (non-hydrogen) atoms. The Kier molecular flexibility index (Phi) is 45.8. The van der Waals surface area contributed by atoms with Crippen molar-refractivity contribution in [2.24, 2.45) is 0 Å². The minimum atomic E-state index is -0.944. The predicted octanol–water partition coefficient (Wildman–Crippen LogP) is 16.2. The van der Waals surface area contributed by atoms with E-state index in [0.29, 0.717) is 44.9 Å². The van der Waals surface area contributed by atoms with E-state index in [4.69, 9.17) is 24.4 Å². The molecule has 0 aromatic heterocycles. The number of benzene rings is 8. The van der Waals surface area contributed by atoms with Crippen LogP contribution in [0.1, 0.15) is 115 Å². The molecule has 0 aliphatic heterocycles. The van der Waals surface area contributed by atoms with Gasteiger partial charge in [0.25, 0.3) is 0 Å². The first-order chi connectivity index (χ1) is 51.4. The van der Waals surface area contributed by atoms with Crippen LogP contribution in [0.3, 0.4) is 0 Å². The molecule has 0 bridgehead atoms. The minimum absolute atomic E-state index is 0.000569. The lowest BCUT2D eigenvalue weighted by atomic mass is 10.1. The smallest absolute Gasteiger partial charge is 0.324 e. The lowest BCUT2D eigenvalue weighted by Gasteiger charge is -2.15. The first-order valence-electron chi connectivity index (χ1n) is 34.7. The molecule has 0 heterocycles. The van der Waals surface area contributed by atoms with Gasteiger partial charge in [0.05, 0.1) is 54.7 Å². The average Bonchev–Trinajstić information content (AvgIpc) is 0.884. The highest BCUT2D eigenvalue weighted by Gasteiger charge is 2.25. The second kappa shape index (κ2) is 54.4. The van der Waals surface area contributed by atoms with Crippen LogP contribution >= 0.6 is 63.8 Å². The Morgan fingerprint density at radius 1 is 0.396 bits per heavy atom. The zero-order chi connectivity index (χ0) is 76.9. The Labute approximate surface area is 648 Å². The molecule has 0 radical (unpaired) electrons. The molecule has 0 aliphatic rings. The number of unbranched alkanes of at least 4 members (excludes halogenated alkanes) is 4. The number of thioether (sulfide) groups is 3. The van der Waals surface area contributed by atoms with Gasteiger partial charge in [-0.1, -0.05) is 235 Å². The largest absolute Gasteiger partial charge is 0.481 e. The van der Waals surface area contributed by atoms with Crippen molar-refractivity contribution in [1.29, 1.82) is 0 Å². The van der Waals surface area contributed by atoms with Crippen molar-refractivity contribution in [1.82, 2.24) is 10.6 Å². The standard InChI is InChI=1S/C30H34N2O4S.C28H32N2O3S.C12H14O4S.C10H11BrO2.C2H4O2S/c1-2-36-30(35)29(24-15-8-4-9-16-24)37-22-28(34)31-20-11-5-10-19-27(33)32-26-18-12-17-25(21-26)23-13-6-3-7-14-23;31-20-26(23-13-6-2-7-14-23)34-21-28(33)29-18-9-3-8-17-27(32)30-25-16-10-15-24(19-25)22-11-4-1-5-12-22;1-2-16-12(15)11(17-8-10(13)14)9-6-4-3-5-7-9;1-2-13-10(12)9(11)8-6-4-3-5-7-8;3-2(4)1-5/h3-4,6-9,12-18,21,29H,2,5,10-11,19-20,22H2,1H3,(H,31,34)(H,32,33);1-2,4-7,10-16,19,26,31H,3,8-9,17-18,20-21H2,(H,29,33)(H,30,32);3-7,11H,2,8H2,1H3,(H,13,14);3-7,9H,2H2,1H3;5H,1H2,(H,3,4). The quantitative estimate of drug-likeness (QED) is 0.00590. The number of carboxylic acids is 2. The Balaban J connectivity index is 0.000000313. The lowest BCUT2D eigenvalue weighted by molar-refractivity contribution is -0.143. The fourth-order valence-corrected chi connectivity index (χ4v) is 12.9. The summed E-state index contributed by atoms with van der Waals surface area (Å²) in [5, 5.41) is 36.4. The fraction of sp³-hybridized carbons (Fsp3) is 0.305. The maximum atomic E-state index is 12.3. The molecule has 24 heteroatoms. The highest BCUT2D eigenvalue weighted by Crippen LogP contribution is 2.33. The zero-order valence-electron chi connectivity index (χ0n) is 59.8. The number of aliphatic hydroxyl groups excluding tert-OH is 1. The zero-order valence-corrected chi connectivity index (χ0v) is 64.7. The van der Waals surface area contributed by atoms with Crippen LogP contribution in [0.25, 0.3) is 22.3 Å². The number of hydrogen-bond donors (Lipinski definition) is 8. The Morgan fingerprint density at radius 3 is 1.10 bits per heavy atom.